The van der Waals surface area contributed by atoms with Gasteiger partial charge in [-0.1, -0.05) is 164 Å². The number of furan rings is 1. The molecule has 0 bridgehead atoms. The SMILES string of the molecule is C1=C(c2cccc(-c3cccc(-c4nc(-c5ccccc5)nc(-c5ccccc5)n4)c3)c2)C=C(c2cccc(-c3ccc4c(c3)c3cccc5oc6cccc4c6c53)c2)CC1. The van der Waals surface area contributed by atoms with E-state index >= 15 is 0 Å². The maximum atomic E-state index is 6.29. The molecule has 0 atom stereocenters. The topological polar surface area (TPSA) is 51.8 Å². The predicted molar refractivity (Wildman–Crippen MR) is 252 cm³/mol. The van der Waals surface area contributed by atoms with Crippen molar-refractivity contribution in [3.63, 3.8) is 0 Å². The molecule has 1 aliphatic carbocycles. The van der Waals surface area contributed by atoms with Crippen molar-refractivity contribution in [1.29, 1.82) is 0 Å². The average molecular weight is 780 g/mol. The minimum atomic E-state index is 0.646. The molecule has 11 aromatic rings. The molecule has 9 aromatic carbocycles. The van der Waals surface area contributed by atoms with Crippen LogP contribution < -0.4 is 0 Å². The van der Waals surface area contributed by atoms with Crippen molar-refractivity contribution in [3.8, 4) is 56.4 Å². The maximum absolute atomic E-state index is 6.29. The molecule has 4 nitrogen and oxygen atoms in total. The third-order valence-electron chi connectivity index (χ3n) is 12.1. The molecule has 0 aliphatic heterocycles. The van der Waals surface area contributed by atoms with Crippen molar-refractivity contribution in [2.75, 3.05) is 0 Å². The number of hydrogen-bond donors (Lipinski definition) is 0. The van der Waals surface area contributed by atoms with E-state index < -0.39 is 0 Å². The quantitative estimate of drug-likeness (QED) is 0.151. The van der Waals surface area contributed by atoms with Crippen LogP contribution in [-0.4, -0.2) is 15.0 Å². The van der Waals surface area contributed by atoms with E-state index in [9.17, 15) is 0 Å². The van der Waals surface area contributed by atoms with Gasteiger partial charge in [0.15, 0.2) is 17.5 Å². The molecule has 61 heavy (non-hydrogen) atoms. The summed E-state index contributed by atoms with van der Waals surface area (Å²) in [6, 6.07) is 66.4. The van der Waals surface area contributed by atoms with Gasteiger partial charge in [-0.3, -0.25) is 0 Å². The molecular weight excluding hydrogens is 743 g/mol. The molecule has 286 valence electrons. The highest BCUT2D eigenvalue weighted by Crippen LogP contribution is 2.44. The lowest BCUT2D eigenvalue weighted by Crippen LogP contribution is -2.00. The zero-order valence-corrected chi connectivity index (χ0v) is 33.2. The molecule has 0 saturated heterocycles. The Morgan fingerprint density at radius 3 is 1.46 bits per heavy atom. The van der Waals surface area contributed by atoms with Gasteiger partial charge < -0.3 is 4.42 Å². The first-order valence-corrected chi connectivity index (χ1v) is 20.9. The summed E-state index contributed by atoms with van der Waals surface area (Å²) in [5, 5.41) is 7.42. The Labute approximate surface area is 353 Å². The fourth-order valence-corrected chi connectivity index (χ4v) is 9.18. The van der Waals surface area contributed by atoms with E-state index in [2.05, 4.69) is 140 Å². The van der Waals surface area contributed by atoms with Crippen LogP contribution in [0.2, 0.25) is 0 Å². The maximum Gasteiger partial charge on any atom is 0.164 e. The zero-order chi connectivity index (χ0) is 40.3. The van der Waals surface area contributed by atoms with Gasteiger partial charge >= 0.3 is 0 Å². The molecule has 2 heterocycles. The van der Waals surface area contributed by atoms with Crippen LogP contribution in [0.25, 0.3) is 111 Å². The lowest BCUT2D eigenvalue weighted by atomic mass is 9.88. The molecule has 0 N–H and O–H groups in total. The number of allylic oxidation sites excluding steroid dienone is 4. The van der Waals surface area contributed by atoms with Crippen molar-refractivity contribution < 1.29 is 4.42 Å². The van der Waals surface area contributed by atoms with E-state index in [1.165, 1.54) is 65.7 Å². The van der Waals surface area contributed by atoms with E-state index in [1.54, 1.807) is 0 Å². The highest BCUT2D eigenvalue weighted by atomic mass is 16.3. The summed E-state index contributed by atoms with van der Waals surface area (Å²) in [5.74, 6) is 1.95. The van der Waals surface area contributed by atoms with Gasteiger partial charge in [-0.15, -0.1) is 0 Å². The standard InChI is InChI=1S/C57H37N3O/c1-3-13-36(14-4-1)55-58-56(37-15-5-2-6-16-37)60-57(59-55)46-24-10-23-44(34-46)42-21-8-19-40(32-42)38-17-7-18-39(31-38)41-20-9-22-43(33-41)45-29-30-47-48-25-11-27-51-53(48)54-49(50(47)35-45)26-12-28-52(54)61-51/h1-6,8-17,19-35H,7,18H2. The summed E-state index contributed by atoms with van der Waals surface area (Å²) in [7, 11) is 0. The fourth-order valence-electron chi connectivity index (χ4n) is 9.18. The van der Waals surface area contributed by atoms with Crippen molar-refractivity contribution in [2.24, 2.45) is 0 Å². The summed E-state index contributed by atoms with van der Waals surface area (Å²) in [6.45, 7) is 0. The Hall–Kier alpha value is -7.95. The normalized spacial score (nSPS) is 13.0. The van der Waals surface area contributed by atoms with Crippen LogP contribution >= 0.6 is 0 Å². The number of benzene rings is 9. The Kier molecular flexibility index (Phi) is 8.27. The molecule has 0 spiro atoms. The molecule has 0 unspecified atom stereocenters. The predicted octanol–water partition coefficient (Wildman–Crippen LogP) is 15.1. The monoisotopic (exact) mass is 779 g/mol. The smallest absolute Gasteiger partial charge is 0.164 e. The Bertz CT molecular complexity index is 3470. The van der Waals surface area contributed by atoms with Gasteiger partial charge in [0, 0.05) is 27.5 Å². The third-order valence-corrected chi connectivity index (χ3v) is 12.1. The molecule has 0 amide bonds. The number of fused-ring (bicyclic) bond motifs is 3. The van der Waals surface area contributed by atoms with E-state index in [0.29, 0.717) is 17.5 Å². The van der Waals surface area contributed by atoms with Gasteiger partial charge in [0.2, 0.25) is 0 Å². The minimum Gasteiger partial charge on any atom is -0.456 e. The molecule has 2 aromatic heterocycles. The van der Waals surface area contributed by atoms with Gasteiger partial charge in [-0.2, -0.15) is 0 Å². The van der Waals surface area contributed by atoms with Crippen LogP contribution in [0.3, 0.4) is 0 Å². The van der Waals surface area contributed by atoms with Crippen LogP contribution in [-0.2, 0) is 0 Å². The number of hydrogen-bond acceptors (Lipinski definition) is 4. The largest absolute Gasteiger partial charge is 0.456 e. The first-order chi connectivity index (χ1) is 30.2. The molecule has 1 aliphatic rings. The first-order valence-electron chi connectivity index (χ1n) is 20.9. The van der Waals surface area contributed by atoms with Crippen LogP contribution in [0.1, 0.15) is 24.0 Å². The van der Waals surface area contributed by atoms with E-state index in [0.717, 1.165) is 51.8 Å². The van der Waals surface area contributed by atoms with Crippen molar-refractivity contribution >= 4 is 54.6 Å². The van der Waals surface area contributed by atoms with Crippen LogP contribution in [0.5, 0.6) is 0 Å². The molecule has 0 saturated carbocycles. The summed E-state index contributed by atoms with van der Waals surface area (Å²) in [6.07, 6.45) is 6.74. The van der Waals surface area contributed by atoms with Gasteiger partial charge in [0.25, 0.3) is 0 Å². The molecule has 0 fully saturated rings. The van der Waals surface area contributed by atoms with Gasteiger partial charge in [-0.05, 0) is 115 Å². The molecule has 0 radical (unpaired) electrons. The third kappa shape index (κ3) is 6.20. The van der Waals surface area contributed by atoms with Crippen molar-refractivity contribution in [1.82, 2.24) is 15.0 Å². The van der Waals surface area contributed by atoms with Gasteiger partial charge in [0.05, 0.1) is 0 Å². The molecular formula is C57H37N3O. The van der Waals surface area contributed by atoms with Crippen LogP contribution in [0.4, 0.5) is 0 Å². The van der Waals surface area contributed by atoms with Gasteiger partial charge in [0.1, 0.15) is 11.2 Å². The van der Waals surface area contributed by atoms with Gasteiger partial charge in [-0.25, -0.2) is 15.0 Å². The zero-order valence-electron chi connectivity index (χ0n) is 33.2. The second-order valence-electron chi connectivity index (χ2n) is 15.9. The van der Waals surface area contributed by atoms with Crippen LogP contribution in [0.15, 0.2) is 205 Å². The number of rotatable bonds is 7. The lowest BCUT2D eigenvalue weighted by Gasteiger charge is -2.17. The number of nitrogens with zero attached hydrogens (tertiary/aromatic N) is 3. The second kappa shape index (κ2) is 14.4. The Morgan fingerprint density at radius 1 is 0.344 bits per heavy atom. The van der Waals surface area contributed by atoms with E-state index in [-0.39, 0.29) is 0 Å². The Morgan fingerprint density at radius 2 is 0.820 bits per heavy atom. The lowest BCUT2D eigenvalue weighted by molar-refractivity contribution is 0.669. The van der Waals surface area contributed by atoms with E-state index in [1.807, 2.05) is 60.7 Å². The minimum absolute atomic E-state index is 0.646. The van der Waals surface area contributed by atoms with Crippen molar-refractivity contribution in [3.05, 3.63) is 211 Å². The first kappa shape index (κ1) is 35.0. The van der Waals surface area contributed by atoms with Crippen molar-refractivity contribution in [2.45, 2.75) is 12.8 Å². The summed E-state index contributed by atoms with van der Waals surface area (Å²) >= 11 is 0. The molecule has 4 heteroatoms. The second-order valence-corrected chi connectivity index (χ2v) is 15.9. The highest BCUT2D eigenvalue weighted by molar-refractivity contribution is 6.33. The van der Waals surface area contributed by atoms with Crippen LogP contribution in [0, 0.1) is 0 Å². The molecule has 12 rings (SSSR count). The fraction of sp³-hybridized carbons (Fsp3) is 0.0351. The Balaban J connectivity index is 0.866. The summed E-state index contributed by atoms with van der Waals surface area (Å²) in [4.78, 5) is 14.9. The average Bonchev–Trinajstić information content (AvgIpc) is 3.74. The highest BCUT2D eigenvalue weighted by Gasteiger charge is 2.18. The summed E-state index contributed by atoms with van der Waals surface area (Å²) in [5.41, 5.74) is 14.5. The number of aromatic nitrogens is 3. The van der Waals surface area contributed by atoms with E-state index in [4.69, 9.17) is 19.4 Å². The summed E-state index contributed by atoms with van der Waals surface area (Å²) < 4.78 is 6.29.